The maximum absolute atomic E-state index is 2.68. The van der Waals surface area contributed by atoms with Crippen molar-refractivity contribution in [3.05, 3.63) is 236 Å². The van der Waals surface area contributed by atoms with Crippen LogP contribution >= 0.6 is 11.8 Å². The number of rotatable bonds is 7. The van der Waals surface area contributed by atoms with Gasteiger partial charge in [-0.3, -0.25) is 0 Å². The van der Waals surface area contributed by atoms with Gasteiger partial charge in [-0.2, -0.15) is 0 Å². The summed E-state index contributed by atoms with van der Waals surface area (Å²) in [7, 11) is 0. The van der Waals surface area contributed by atoms with Crippen LogP contribution in [-0.2, 0) is 12.8 Å². The second kappa shape index (κ2) is 16.6. The molecule has 8 heteroatoms. The molecule has 6 heterocycles. The number of anilines is 13. The fraction of sp³-hybridized carbons (Fsp3) is 0.0909. The summed E-state index contributed by atoms with van der Waals surface area (Å²) in [6.45, 7) is 2.09. The summed E-state index contributed by atoms with van der Waals surface area (Å²) in [5.41, 5.74) is 27.4. The van der Waals surface area contributed by atoms with Gasteiger partial charge in [0.05, 0.1) is 5.69 Å². The van der Waals surface area contributed by atoms with E-state index in [0.29, 0.717) is 0 Å². The summed E-state index contributed by atoms with van der Waals surface area (Å²) in [5, 5.41) is 0. The molecule has 0 saturated carbocycles. The topological polar surface area (TPSA) is 16.2 Å². The van der Waals surface area contributed by atoms with Gasteiger partial charge in [0.1, 0.15) is 0 Å². The Labute approximate surface area is 438 Å². The minimum atomic E-state index is 0.0313. The minimum Gasteiger partial charge on any atom is -0.342 e. The molecule has 0 amide bonds. The molecule has 10 aromatic rings. The molecule has 0 aliphatic carbocycles. The Kier molecular flexibility index (Phi) is 9.47. The monoisotopic (exact) mass is 965 g/mol. The predicted molar refractivity (Wildman–Crippen MR) is 314 cm³/mol. The highest BCUT2D eigenvalue weighted by Crippen LogP contribution is 2.50. The summed E-state index contributed by atoms with van der Waals surface area (Å²) >= 11 is 1.97. The van der Waals surface area contributed by atoms with Crippen molar-refractivity contribution in [3.63, 3.8) is 0 Å². The van der Waals surface area contributed by atoms with Gasteiger partial charge in [-0.15, -0.1) is 0 Å². The number of hydrogen-bond donors (Lipinski definition) is 0. The Morgan fingerprint density at radius 1 is 0.351 bits per heavy atom. The fourth-order valence-corrected chi connectivity index (χ4v) is 14.9. The van der Waals surface area contributed by atoms with Crippen LogP contribution in [0.2, 0.25) is 0 Å². The summed E-state index contributed by atoms with van der Waals surface area (Å²) in [5.74, 6) is 0. The molecule has 0 fully saturated rings. The molecule has 10 aromatic carbocycles. The van der Waals surface area contributed by atoms with Gasteiger partial charge in [0.25, 0.3) is 6.71 Å². The number of hydrogen-bond acceptors (Lipinski definition) is 6. The van der Waals surface area contributed by atoms with E-state index in [4.69, 9.17) is 0 Å². The Balaban J connectivity index is 0.971. The van der Waals surface area contributed by atoms with Crippen molar-refractivity contribution in [1.29, 1.82) is 0 Å². The molecule has 74 heavy (non-hydrogen) atoms. The first-order valence-corrected chi connectivity index (χ1v) is 27.2. The van der Waals surface area contributed by atoms with Crippen LogP contribution in [0.3, 0.4) is 0 Å². The van der Waals surface area contributed by atoms with Gasteiger partial charge in [-0.1, -0.05) is 151 Å². The van der Waals surface area contributed by atoms with E-state index < -0.39 is 0 Å². The Morgan fingerprint density at radius 3 is 1.34 bits per heavy atom. The summed E-state index contributed by atoms with van der Waals surface area (Å²) in [4.78, 5) is 15.5. The average Bonchev–Trinajstić information content (AvgIpc) is 3.51. The van der Waals surface area contributed by atoms with E-state index in [0.717, 1.165) is 72.9 Å². The highest BCUT2D eigenvalue weighted by atomic mass is 32.2. The third-order valence-corrected chi connectivity index (χ3v) is 17.7. The van der Waals surface area contributed by atoms with E-state index >= 15 is 0 Å². The number of benzene rings is 10. The molecule has 0 aromatic heterocycles. The zero-order valence-corrected chi connectivity index (χ0v) is 41.7. The molecule has 350 valence electrons. The van der Waals surface area contributed by atoms with Crippen LogP contribution in [0.5, 0.6) is 0 Å². The molecule has 0 radical (unpaired) electrons. The summed E-state index contributed by atoms with van der Waals surface area (Å²) < 4.78 is 0. The molecular formula is C66H49B2N5S. The normalized spacial score (nSPS) is 14.8. The van der Waals surface area contributed by atoms with E-state index in [9.17, 15) is 0 Å². The second-order valence-electron chi connectivity index (χ2n) is 20.6. The van der Waals surface area contributed by atoms with Gasteiger partial charge in [0, 0.05) is 91.1 Å². The standard InChI is InChI=1S/C66H49B2N5S/c1-6-24-46(25-7-1)71(47-26-8-2-9-27-47)51-38-58-63-60(40-51)73(50-32-14-5-15-33-50)57-43-61-56(42-55(57)67(63)53-34-16-20-44-22-18-36-69(58)65(44)53)68-54-35-17-21-45-23-19-37-70(66(45)54)59-39-52(41-62(74-61)64(59)68)72(48-28-10-3-11-29-48)49-30-12-4-13-31-49/h1-17,20-21,24-35,38-43H,18-19,22-23,36-37H2. The van der Waals surface area contributed by atoms with Crippen LogP contribution in [-0.4, -0.2) is 26.5 Å². The van der Waals surface area contributed by atoms with Crippen LogP contribution in [0.4, 0.5) is 73.9 Å². The van der Waals surface area contributed by atoms with Gasteiger partial charge < -0.3 is 24.5 Å². The molecule has 16 rings (SSSR count). The van der Waals surface area contributed by atoms with Crippen molar-refractivity contribution in [2.24, 2.45) is 0 Å². The highest BCUT2D eigenvalue weighted by Gasteiger charge is 2.48. The minimum absolute atomic E-state index is 0.0313. The molecular weight excluding hydrogens is 916 g/mol. The van der Waals surface area contributed by atoms with Gasteiger partial charge >= 0.3 is 0 Å². The number of fused-ring (bicyclic) bond motifs is 8. The molecule has 0 spiro atoms. The molecule has 6 aliphatic heterocycles. The first kappa shape index (κ1) is 42.2. The van der Waals surface area contributed by atoms with E-state index in [-0.39, 0.29) is 13.4 Å². The van der Waals surface area contributed by atoms with Crippen molar-refractivity contribution >= 4 is 132 Å². The third kappa shape index (κ3) is 6.27. The van der Waals surface area contributed by atoms with Crippen molar-refractivity contribution in [3.8, 4) is 0 Å². The lowest BCUT2D eigenvalue weighted by molar-refractivity contribution is 0.768. The fourth-order valence-electron chi connectivity index (χ4n) is 13.7. The predicted octanol–water partition coefficient (Wildman–Crippen LogP) is 12.7. The quantitative estimate of drug-likeness (QED) is 0.147. The molecule has 0 unspecified atom stereocenters. The summed E-state index contributed by atoms with van der Waals surface area (Å²) in [6.07, 6.45) is 4.43. The average molecular weight is 966 g/mol. The van der Waals surface area contributed by atoms with E-state index in [1.54, 1.807) is 0 Å². The van der Waals surface area contributed by atoms with Crippen molar-refractivity contribution < 1.29 is 0 Å². The maximum Gasteiger partial charge on any atom is 0.252 e. The molecule has 0 saturated heterocycles. The Hall–Kier alpha value is -8.32. The lowest BCUT2D eigenvalue weighted by Gasteiger charge is -2.47. The maximum atomic E-state index is 2.68. The molecule has 0 N–H and O–H groups in total. The molecule has 6 aliphatic rings. The summed E-state index contributed by atoms with van der Waals surface area (Å²) in [6, 6.07) is 84.4. The lowest BCUT2D eigenvalue weighted by Crippen LogP contribution is -2.65. The smallest absolute Gasteiger partial charge is 0.252 e. The Morgan fingerprint density at radius 2 is 0.811 bits per heavy atom. The van der Waals surface area contributed by atoms with Crippen molar-refractivity contribution in [2.75, 3.05) is 37.6 Å². The SMILES string of the molecule is c1ccc(N(c2ccccc2)c2cc3c4c(c2)N2CCCc5cccc(c52)B4c2cc4c(cc2S3)N(c2ccccc2)c2cc(N(c3ccccc3)c3ccccc3)cc3c2B4c2cccc4c2N3CCC4)cc1. The first-order chi connectivity index (χ1) is 36.7. The van der Waals surface area contributed by atoms with Gasteiger partial charge in [-0.05, 0) is 155 Å². The van der Waals surface area contributed by atoms with Crippen molar-refractivity contribution in [2.45, 2.75) is 35.5 Å². The van der Waals surface area contributed by atoms with Crippen LogP contribution in [0.25, 0.3) is 0 Å². The molecule has 0 bridgehead atoms. The largest absolute Gasteiger partial charge is 0.342 e. The van der Waals surface area contributed by atoms with Crippen LogP contribution in [0.15, 0.2) is 234 Å². The lowest BCUT2D eigenvalue weighted by atomic mass is 9.30. The van der Waals surface area contributed by atoms with Crippen LogP contribution in [0.1, 0.15) is 24.0 Å². The molecule has 5 nitrogen and oxygen atoms in total. The second-order valence-corrected chi connectivity index (χ2v) is 21.7. The van der Waals surface area contributed by atoms with E-state index in [1.807, 2.05) is 11.8 Å². The number of nitrogens with zero attached hydrogens (tertiary/aromatic N) is 5. The van der Waals surface area contributed by atoms with E-state index in [2.05, 4.69) is 249 Å². The zero-order valence-electron chi connectivity index (χ0n) is 40.9. The van der Waals surface area contributed by atoms with E-state index in [1.165, 1.54) is 93.5 Å². The van der Waals surface area contributed by atoms with Gasteiger partial charge in [-0.25, -0.2) is 0 Å². The van der Waals surface area contributed by atoms with Crippen LogP contribution in [0, 0.1) is 0 Å². The number of aryl methyl sites for hydroxylation is 2. The number of para-hydroxylation sites is 7. The Bertz CT molecular complexity index is 3800. The zero-order chi connectivity index (χ0) is 48.4. The third-order valence-electron chi connectivity index (χ3n) is 16.6. The van der Waals surface area contributed by atoms with Crippen LogP contribution < -0.4 is 57.3 Å². The van der Waals surface area contributed by atoms with Gasteiger partial charge in [0.15, 0.2) is 0 Å². The van der Waals surface area contributed by atoms with Gasteiger partial charge in [0.2, 0.25) is 6.71 Å². The molecule has 0 atom stereocenters. The first-order valence-electron chi connectivity index (χ1n) is 26.4. The highest BCUT2D eigenvalue weighted by molar-refractivity contribution is 8.00. The van der Waals surface area contributed by atoms with Crippen molar-refractivity contribution in [1.82, 2.24) is 0 Å².